The number of benzene rings is 3. The molecule has 1 aliphatic rings. The second-order valence-corrected chi connectivity index (χ2v) is 6.17. The molecule has 104 valence electrons. The summed E-state index contributed by atoms with van der Waals surface area (Å²) < 4.78 is 0. The van der Waals surface area contributed by atoms with Crippen molar-refractivity contribution in [2.75, 3.05) is 5.32 Å². The normalized spacial score (nSPS) is 11.8. The molecular formula is C19H12N2S. The summed E-state index contributed by atoms with van der Waals surface area (Å²) in [6.07, 6.45) is 0. The van der Waals surface area contributed by atoms with Crippen LogP contribution in [-0.2, 0) is 0 Å². The van der Waals surface area contributed by atoms with Crippen molar-refractivity contribution in [3.63, 3.8) is 0 Å². The van der Waals surface area contributed by atoms with Crippen LogP contribution in [0.15, 0.2) is 76.5 Å². The van der Waals surface area contributed by atoms with Crippen LogP contribution in [0.5, 0.6) is 0 Å². The Morgan fingerprint density at radius 3 is 2.41 bits per heavy atom. The van der Waals surface area contributed by atoms with Gasteiger partial charge in [-0.3, -0.25) is 0 Å². The predicted molar refractivity (Wildman–Crippen MR) is 90.4 cm³/mol. The molecule has 1 aliphatic heterocycles. The lowest BCUT2D eigenvalue weighted by Crippen LogP contribution is -2.01. The molecule has 0 spiro atoms. The summed E-state index contributed by atoms with van der Waals surface area (Å²) in [4.78, 5) is 2.47. The van der Waals surface area contributed by atoms with Gasteiger partial charge in [-0.1, -0.05) is 48.2 Å². The zero-order valence-electron chi connectivity index (χ0n) is 11.7. The average molecular weight is 300 g/mol. The van der Waals surface area contributed by atoms with Gasteiger partial charge in [-0.15, -0.1) is 0 Å². The maximum absolute atomic E-state index is 8.93. The lowest BCUT2D eigenvalue weighted by molar-refractivity contribution is 1.31. The highest BCUT2D eigenvalue weighted by Gasteiger charge is 2.18. The summed E-state index contributed by atoms with van der Waals surface area (Å²) >= 11 is 1.78. The van der Waals surface area contributed by atoms with Crippen LogP contribution in [0.1, 0.15) is 5.56 Å². The van der Waals surface area contributed by atoms with E-state index in [-0.39, 0.29) is 0 Å². The minimum absolute atomic E-state index is 0.682. The Kier molecular flexibility index (Phi) is 3.10. The second-order valence-electron chi connectivity index (χ2n) is 5.09. The quantitative estimate of drug-likeness (QED) is 0.509. The Labute approximate surface area is 133 Å². The lowest BCUT2D eigenvalue weighted by atomic mass is 10.0. The van der Waals surface area contributed by atoms with Crippen molar-refractivity contribution < 1.29 is 0 Å². The van der Waals surface area contributed by atoms with Crippen LogP contribution in [0.4, 0.5) is 11.4 Å². The van der Waals surface area contributed by atoms with E-state index in [1.54, 1.807) is 11.8 Å². The molecule has 0 saturated heterocycles. The first-order chi connectivity index (χ1) is 10.8. The van der Waals surface area contributed by atoms with Crippen LogP contribution >= 0.6 is 11.8 Å². The highest BCUT2D eigenvalue weighted by atomic mass is 32.2. The van der Waals surface area contributed by atoms with Gasteiger partial charge in [-0.2, -0.15) is 5.26 Å². The fourth-order valence-corrected chi connectivity index (χ4v) is 3.64. The number of fused-ring (bicyclic) bond motifs is 2. The van der Waals surface area contributed by atoms with Crippen molar-refractivity contribution >= 4 is 23.1 Å². The fourth-order valence-electron chi connectivity index (χ4n) is 2.62. The standard InChI is InChI=1S/C19H12N2S/c20-12-13-8-10-14(11-9-13)15-4-3-7-18-19(15)21-16-5-1-2-6-17(16)22-18/h1-11,21H. The highest BCUT2D eigenvalue weighted by Crippen LogP contribution is 2.47. The smallest absolute Gasteiger partial charge is 0.0991 e. The molecule has 0 fully saturated rings. The van der Waals surface area contributed by atoms with Gasteiger partial charge < -0.3 is 5.32 Å². The molecule has 1 N–H and O–H groups in total. The first kappa shape index (κ1) is 13.0. The van der Waals surface area contributed by atoms with Crippen LogP contribution in [-0.4, -0.2) is 0 Å². The molecule has 0 radical (unpaired) electrons. The van der Waals surface area contributed by atoms with Crippen molar-refractivity contribution in [2.24, 2.45) is 0 Å². The van der Waals surface area contributed by atoms with E-state index in [1.165, 1.54) is 9.79 Å². The van der Waals surface area contributed by atoms with Crippen molar-refractivity contribution in [3.05, 3.63) is 72.3 Å². The third-order valence-corrected chi connectivity index (χ3v) is 4.85. The second kappa shape index (κ2) is 5.25. The third-order valence-electron chi connectivity index (χ3n) is 3.72. The Hall–Kier alpha value is -2.70. The van der Waals surface area contributed by atoms with Crippen LogP contribution in [0.3, 0.4) is 0 Å². The van der Waals surface area contributed by atoms with Gasteiger partial charge in [0, 0.05) is 15.4 Å². The number of nitrogens with one attached hydrogen (secondary N) is 1. The molecule has 1 heterocycles. The third kappa shape index (κ3) is 2.14. The van der Waals surface area contributed by atoms with Gasteiger partial charge in [0.1, 0.15) is 0 Å². The Balaban J connectivity index is 1.82. The molecule has 0 atom stereocenters. The predicted octanol–water partition coefficient (Wildman–Crippen LogP) is 5.43. The first-order valence-corrected chi connectivity index (χ1v) is 7.84. The maximum Gasteiger partial charge on any atom is 0.0991 e. The van der Waals surface area contributed by atoms with Crippen molar-refractivity contribution in [2.45, 2.75) is 9.79 Å². The molecule has 22 heavy (non-hydrogen) atoms. The average Bonchev–Trinajstić information content (AvgIpc) is 2.59. The van der Waals surface area contributed by atoms with E-state index in [2.05, 4.69) is 47.8 Å². The van der Waals surface area contributed by atoms with E-state index < -0.39 is 0 Å². The zero-order valence-corrected chi connectivity index (χ0v) is 12.5. The van der Waals surface area contributed by atoms with Gasteiger partial charge in [-0.05, 0) is 35.9 Å². The summed E-state index contributed by atoms with van der Waals surface area (Å²) in [5.74, 6) is 0. The topological polar surface area (TPSA) is 35.8 Å². The minimum atomic E-state index is 0.682. The molecule has 0 bridgehead atoms. The Morgan fingerprint density at radius 2 is 1.59 bits per heavy atom. The van der Waals surface area contributed by atoms with Crippen LogP contribution < -0.4 is 5.32 Å². The van der Waals surface area contributed by atoms with E-state index in [1.807, 2.05) is 30.3 Å². The minimum Gasteiger partial charge on any atom is -0.353 e. The van der Waals surface area contributed by atoms with Gasteiger partial charge in [-0.25, -0.2) is 0 Å². The number of hydrogen-bond acceptors (Lipinski definition) is 3. The van der Waals surface area contributed by atoms with Crippen molar-refractivity contribution in [3.8, 4) is 17.2 Å². The number of hydrogen-bond donors (Lipinski definition) is 1. The Morgan fingerprint density at radius 1 is 0.818 bits per heavy atom. The number of para-hydroxylation sites is 2. The lowest BCUT2D eigenvalue weighted by Gasteiger charge is -2.23. The molecule has 0 amide bonds. The molecule has 3 aromatic rings. The van der Waals surface area contributed by atoms with Gasteiger partial charge in [0.05, 0.1) is 23.0 Å². The SMILES string of the molecule is N#Cc1ccc(-c2cccc3c2Nc2ccccc2S3)cc1. The molecule has 3 heteroatoms. The number of rotatable bonds is 1. The molecule has 2 nitrogen and oxygen atoms in total. The molecule has 0 aliphatic carbocycles. The van der Waals surface area contributed by atoms with Crippen LogP contribution in [0, 0.1) is 11.3 Å². The monoisotopic (exact) mass is 300 g/mol. The van der Waals surface area contributed by atoms with Gasteiger partial charge in [0.25, 0.3) is 0 Å². The van der Waals surface area contributed by atoms with Crippen molar-refractivity contribution in [1.82, 2.24) is 0 Å². The maximum atomic E-state index is 8.93. The van der Waals surface area contributed by atoms with Crippen molar-refractivity contribution in [1.29, 1.82) is 5.26 Å². The number of anilines is 2. The molecule has 0 aromatic heterocycles. The summed E-state index contributed by atoms with van der Waals surface area (Å²) in [6.45, 7) is 0. The number of nitriles is 1. The van der Waals surface area contributed by atoms with E-state index in [0.29, 0.717) is 5.56 Å². The molecule has 3 aromatic carbocycles. The van der Waals surface area contributed by atoms with E-state index in [9.17, 15) is 0 Å². The van der Waals surface area contributed by atoms with Crippen LogP contribution in [0.2, 0.25) is 0 Å². The summed E-state index contributed by atoms with van der Waals surface area (Å²) in [7, 11) is 0. The van der Waals surface area contributed by atoms with Gasteiger partial charge >= 0.3 is 0 Å². The summed E-state index contributed by atoms with van der Waals surface area (Å²) in [6, 6.07) is 24.5. The van der Waals surface area contributed by atoms with E-state index in [0.717, 1.165) is 22.5 Å². The van der Waals surface area contributed by atoms with Gasteiger partial charge in [0.15, 0.2) is 0 Å². The number of nitrogens with zero attached hydrogens (tertiary/aromatic N) is 1. The van der Waals surface area contributed by atoms with E-state index >= 15 is 0 Å². The summed E-state index contributed by atoms with van der Waals surface area (Å²) in [5.41, 5.74) is 5.23. The van der Waals surface area contributed by atoms with Crippen LogP contribution in [0.25, 0.3) is 11.1 Å². The molecule has 0 unspecified atom stereocenters. The van der Waals surface area contributed by atoms with E-state index in [4.69, 9.17) is 5.26 Å². The summed E-state index contributed by atoms with van der Waals surface area (Å²) in [5, 5.41) is 12.5. The molecular weight excluding hydrogens is 288 g/mol. The largest absolute Gasteiger partial charge is 0.353 e. The molecule has 0 saturated carbocycles. The Bertz CT molecular complexity index is 892. The molecule has 4 rings (SSSR count). The van der Waals surface area contributed by atoms with Gasteiger partial charge in [0.2, 0.25) is 0 Å². The highest BCUT2D eigenvalue weighted by molar-refractivity contribution is 7.99. The zero-order chi connectivity index (χ0) is 14.9. The first-order valence-electron chi connectivity index (χ1n) is 7.02. The fraction of sp³-hybridized carbons (Fsp3) is 0.